The molecular weight excluding hydrogens is 407 g/mol. The van der Waals surface area contributed by atoms with E-state index in [2.05, 4.69) is 25.6 Å². The van der Waals surface area contributed by atoms with E-state index >= 15 is 0 Å². The summed E-state index contributed by atoms with van der Waals surface area (Å²) in [5.41, 5.74) is 1.25. The lowest BCUT2D eigenvalue weighted by molar-refractivity contribution is -0.137. The summed E-state index contributed by atoms with van der Waals surface area (Å²) in [6, 6.07) is 10.2. The Bertz CT molecular complexity index is 1030. The number of aryl methyl sites for hydroxylation is 1. The molecule has 0 saturated carbocycles. The summed E-state index contributed by atoms with van der Waals surface area (Å²) in [6.07, 6.45) is -2.83. The Balaban J connectivity index is 2.02. The average Bonchev–Trinajstić information content (AvgIpc) is 2.73. The van der Waals surface area contributed by atoms with E-state index in [0.29, 0.717) is 22.8 Å². The monoisotopic (exact) mass is 431 g/mol. The first-order valence-electron chi connectivity index (χ1n) is 9.80. The molecule has 2 aromatic heterocycles. The van der Waals surface area contributed by atoms with Gasteiger partial charge in [0.15, 0.2) is 0 Å². The van der Waals surface area contributed by atoms with Gasteiger partial charge < -0.3 is 15.7 Å². The standard InChI is InChI=1S/C22H24F3N5O/c1-13(2)19(12-31)29-21-28-18(16-6-4-5-9-26-16)11-20(30-21)27-17-10-15(22(23,24)25)8-7-14(17)3/h4-11,13,19,31H,12H2,1-3H3,(H2,27,28,29,30)/t19-/m1/s1. The maximum atomic E-state index is 13.2. The van der Waals surface area contributed by atoms with Crippen LogP contribution in [0.25, 0.3) is 11.4 Å². The summed E-state index contributed by atoms with van der Waals surface area (Å²) in [5, 5.41) is 15.7. The van der Waals surface area contributed by atoms with Gasteiger partial charge in [0.2, 0.25) is 5.95 Å². The molecule has 0 radical (unpaired) electrons. The van der Waals surface area contributed by atoms with Crippen molar-refractivity contribution in [3.8, 4) is 11.4 Å². The minimum atomic E-state index is -4.45. The van der Waals surface area contributed by atoms with Crippen LogP contribution in [-0.2, 0) is 6.18 Å². The number of nitrogens with one attached hydrogen (secondary N) is 2. The van der Waals surface area contributed by atoms with Gasteiger partial charge in [-0.15, -0.1) is 0 Å². The van der Waals surface area contributed by atoms with Crippen molar-refractivity contribution in [2.75, 3.05) is 17.2 Å². The molecule has 164 valence electrons. The van der Waals surface area contributed by atoms with Gasteiger partial charge in [-0.3, -0.25) is 4.98 Å². The molecule has 31 heavy (non-hydrogen) atoms. The second kappa shape index (κ2) is 9.30. The molecule has 6 nitrogen and oxygen atoms in total. The lowest BCUT2D eigenvalue weighted by Crippen LogP contribution is -2.30. The van der Waals surface area contributed by atoms with Crippen LogP contribution in [0.2, 0.25) is 0 Å². The third-order valence-electron chi connectivity index (χ3n) is 4.80. The SMILES string of the molecule is Cc1ccc(C(F)(F)F)cc1Nc1cc(-c2ccccn2)nc(N[C@H](CO)C(C)C)n1. The topological polar surface area (TPSA) is 83.0 Å². The highest BCUT2D eigenvalue weighted by Gasteiger charge is 2.30. The van der Waals surface area contributed by atoms with E-state index < -0.39 is 11.7 Å². The van der Waals surface area contributed by atoms with Crippen molar-refractivity contribution in [2.24, 2.45) is 5.92 Å². The van der Waals surface area contributed by atoms with E-state index in [1.54, 1.807) is 31.3 Å². The van der Waals surface area contributed by atoms with Crippen LogP contribution in [0.5, 0.6) is 0 Å². The third kappa shape index (κ3) is 5.69. The molecule has 3 aromatic rings. The van der Waals surface area contributed by atoms with Crippen LogP contribution >= 0.6 is 0 Å². The minimum absolute atomic E-state index is 0.106. The maximum absolute atomic E-state index is 13.2. The summed E-state index contributed by atoms with van der Waals surface area (Å²) in [6.45, 7) is 5.48. The van der Waals surface area contributed by atoms with Crippen molar-refractivity contribution in [1.82, 2.24) is 15.0 Å². The van der Waals surface area contributed by atoms with E-state index in [1.165, 1.54) is 6.07 Å². The van der Waals surface area contributed by atoms with Gasteiger partial charge in [-0.25, -0.2) is 4.98 Å². The molecule has 0 fully saturated rings. The van der Waals surface area contributed by atoms with Crippen LogP contribution < -0.4 is 10.6 Å². The molecule has 9 heteroatoms. The average molecular weight is 431 g/mol. The van der Waals surface area contributed by atoms with Crippen molar-refractivity contribution >= 4 is 17.5 Å². The summed E-state index contributed by atoms with van der Waals surface area (Å²) in [5.74, 6) is 0.651. The van der Waals surface area contributed by atoms with Crippen molar-refractivity contribution in [1.29, 1.82) is 0 Å². The van der Waals surface area contributed by atoms with Crippen LogP contribution in [0.4, 0.5) is 30.6 Å². The number of hydrogen-bond acceptors (Lipinski definition) is 6. The summed E-state index contributed by atoms with van der Waals surface area (Å²) >= 11 is 0. The first-order valence-corrected chi connectivity index (χ1v) is 9.80. The molecule has 0 bridgehead atoms. The maximum Gasteiger partial charge on any atom is 0.416 e. The van der Waals surface area contributed by atoms with Crippen LogP contribution in [0.1, 0.15) is 25.0 Å². The van der Waals surface area contributed by atoms with E-state index in [-0.39, 0.29) is 30.2 Å². The zero-order valence-corrected chi connectivity index (χ0v) is 17.4. The lowest BCUT2D eigenvalue weighted by atomic mass is 10.1. The highest BCUT2D eigenvalue weighted by atomic mass is 19.4. The van der Waals surface area contributed by atoms with Crippen molar-refractivity contribution in [3.63, 3.8) is 0 Å². The van der Waals surface area contributed by atoms with E-state index in [4.69, 9.17) is 0 Å². The molecule has 0 aliphatic heterocycles. The molecule has 0 aliphatic rings. The van der Waals surface area contributed by atoms with Gasteiger partial charge in [0.25, 0.3) is 0 Å². The van der Waals surface area contributed by atoms with E-state index in [9.17, 15) is 18.3 Å². The quantitative estimate of drug-likeness (QED) is 0.486. The molecule has 1 aromatic carbocycles. The molecule has 2 heterocycles. The number of benzene rings is 1. The fourth-order valence-electron chi connectivity index (χ4n) is 2.88. The summed E-state index contributed by atoms with van der Waals surface area (Å²) < 4.78 is 39.5. The Labute approximate surface area is 178 Å². The third-order valence-corrected chi connectivity index (χ3v) is 4.80. The Kier molecular flexibility index (Phi) is 6.74. The molecule has 3 N–H and O–H groups in total. The van der Waals surface area contributed by atoms with E-state index in [1.807, 2.05) is 19.9 Å². The van der Waals surface area contributed by atoms with Crippen LogP contribution in [0, 0.1) is 12.8 Å². The fraction of sp³-hybridized carbons (Fsp3) is 0.318. The smallest absolute Gasteiger partial charge is 0.394 e. The Morgan fingerprint density at radius 3 is 2.42 bits per heavy atom. The molecule has 3 rings (SSSR count). The van der Waals surface area contributed by atoms with Crippen molar-refractivity contribution in [2.45, 2.75) is 33.0 Å². The van der Waals surface area contributed by atoms with Gasteiger partial charge in [-0.05, 0) is 42.7 Å². The molecule has 0 aliphatic carbocycles. The number of halogens is 3. The molecular formula is C22H24F3N5O. The van der Waals surface area contributed by atoms with Crippen molar-refractivity contribution in [3.05, 3.63) is 59.8 Å². The zero-order valence-electron chi connectivity index (χ0n) is 17.4. The molecule has 0 saturated heterocycles. The minimum Gasteiger partial charge on any atom is -0.394 e. The Morgan fingerprint density at radius 1 is 1.03 bits per heavy atom. The van der Waals surface area contributed by atoms with Crippen LogP contribution in [-0.4, -0.2) is 32.7 Å². The number of aromatic nitrogens is 3. The fourth-order valence-corrected chi connectivity index (χ4v) is 2.88. The molecule has 0 amide bonds. The van der Waals surface area contributed by atoms with Gasteiger partial charge in [0.1, 0.15) is 5.82 Å². The predicted molar refractivity (Wildman–Crippen MR) is 114 cm³/mol. The second-order valence-electron chi connectivity index (χ2n) is 7.51. The van der Waals surface area contributed by atoms with E-state index in [0.717, 1.165) is 12.1 Å². The largest absolute Gasteiger partial charge is 0.416 e. The summed E-state index contributed by atoms with van der Waals surface area (Å²) in [4.78, 5) is 13.2. The summed E-state index contributed by atoms with van der Waals surface area (Å²) in [7, 11) is 0. The van der Waals surface area contributed by atoms with Gasteiger partial charge in [0.05, 0.1) is 29.6 Å². The first kappa shape index (κ1) is 22.5. The number of anilines is 3. The van der Waals surface area contributed by atoms with Gasteiger partial charge >= 0.3 is 6.18 Å². The number of aliphatic hydroxyl groups excluding tert-OH is 1. The van der Waals surface area contributed by atoms with Crippen LogP contribution in [0.15, 0.2) is 48.7 Å². The number of pyridine rings is 1. The normalized spacial score (nSPS) is 12.6. The lowest BCUT2D eigenvalue weighted by Gasteiger charge is -2.21. The number of nitrogens with zero attached hydrogens (tertiary/aromatic N) is 3. The van der Waals surface area contributed by atoms with Gasteiger partial charge in [0, 0.05) is 18.0 Å². The number of rotatable bonds is 7. The highest BCUT2D eigenvalue weighted by molar-refractivity contribution is 5.67. The second-order valence-corrected chi connectivity index (χ2v) is 7.51. The number of aliphatic hydroxyl groups is 1. The Hall–Kier alpha value is -3.20. The van der Waals surface area contributed by atoms with Gasteiger partial charge in [-0.2, -0.15) is 18.2 Å². The number of hydrogen-bond donors (Lipinski definition) is 3. The number of alkyl halides is 3. The first-order chi connectivity index (χ1) is 14.7. The predicted octanol–water partition coefficient (Wildman–Crippen LogP) is 5.04. The Morgan fingerprint density at radius 2 is 1.81 bits per heavy atom. The highest BCUT2D eigenvalue weighted by Crippen LogP contribution is 2.33. The molecule has 0 spiro atoms. The van der Waals surface area contributed by atoms with Crippen LogP contribution in [0.3, 0.4) is 0 Å². The molecule has 1 atom stereocenters. The molecule has 0 unspecified atom stereocenters. The van der Waals surface area contributed by atoms with Crippen molar-refractivity contribution < 1.29 is 18.3 Å². The van der Waals surface area contributed by atoms with Gasteiger partial charge in [-0.1, -0.05) is 26.0 Å². The zero-order chi connectivity index (χ0) is 22.6.